The van der Waals surface area contributed by atoms with Crippen LogP contribution in [0.15, 0.2) is 33.8 Å². The summed E-state index contributed by atoms with van der Waals surface area (Å²) in [7, 11) is 3.59. The molecule has 0 fully saturated rings. The van der Waals surface area contributed by atoms with E-state index in [4.69, 9.17) is 4.42 Å². The largest absolute Gasteiger partial charge is 0.455 e. The summed E-state index contributed by atoms with van der Waals surface area (Å²) in [4.78, 5) is 10.2. The van der Waals surface area contributed by atoms with Crippen LogP contribution >= 0.6 is 0 Å². The topological polar surface area (TPSA) is 71.9 Å². The Morgan fingerprint density at radius 1 is 1.41 bits per heavy atom. The molecular weight excluding hydrogens is 222 g/mol. The molecule has 1 aromatic carbocycles. The van der Waals surface area contributed by atoms with Crippen molar-refractivity contribution in [3.8, 4) is 0 Å². The van der Waals surface area contributed by atoms with Gasteiger partial charge in [-0.3, -0.25) is 10.1 Å². The number of hydrogen-bond donors (Lipinski definition) is 0. The van der Waals surface area contributed by atoms with Crippen LogP contribution in [0.1, 0.15) is 5.76 Å². The SMILES string of the molecule is CN(C)/N=C/c1cc2cc([N+](=O)[O-])ccc2o1. The second-order valence-electron chi connectivity index (χ2n) is 3.72. The molecule has 0 aliphatic rings. The van der Waals surface area contributed by atoms with Crippen molar-refractivity contribution in [2.24, 2.45) is 5.10 Å². The molecule has 0 N–H and O–H groups in total. The number of rotatable bonds is 3. The van der Waals surface area contributed by atoms with E-state index in [1.807, 2.05) is 0 Å². The van der Waals surface area contributed by atoms with Crippen molar-refractivity contribution in [2.75, 3.05) is 14.1 Å². The average molecular weight is 233 g/mol. The molecule has 0 amide bonds. The highest BCUT2D eigenvalue weighted by molar-refractivity contribution is 5.87. The Balaban J connectivity index is 2.40. The number of nitro benzene ring substituents is 1. The molecule has 6 heteroatoms. The van der Waals surface area contributed by atoms with Gasteiger partial charge in [-0.2, -0.15) is 5.10 Å². The minimum atomic E-state index is -0.431. The Bertz CT molecular complexity index is 587. The van der Waals surface area contributed by atoms with E-state index in [9.17, 15) is 10.1 Å². The van der Waals surface area contributed by atoms with Crippen LogP contribution in [0.4, 0.5) is 5.69 Å². The molecule has 88 valence electrons. The van der Waals surface area contributed by atoms with Crippen molar-refractivity contribution in [1.82, 2.24) is 5.01 Å². The van der Waals surface area contributed by atoms with Crippen LogP contribution < -0.4 is 0 Å². The van der Waals surface area contributed by atoms with Gasteiger partial charge >= 0.3 is 0 Å². The normalized spacial score (nSPS) is 11.2. The van der Waals surface area contributed by atoms with Crippen LogP contribution in [0.5, 0.6) is 0 Å². The Labute approximate surface area is 97.3 Å². The smallest absolute Gasteiger partial charge is 0.270 e. The predicted octanol–water partition coefficient (Wildman–Crippen LogP) is 2.24. The Morgan fingerprint density at radius 2 is 2.18 bits per heavy atom. The van der Waals surface area contributed by atoms with Crippen molar-refractivity contribution < 1.29 is 9.34 Å². The molecule has 2 aromatic rings. The van der Waals surface area contributed by atoms with Gasteiger partial charge in [-0.05, 0) is 12.1 Å². The summed E-state index contributed by atoms with van der Waals surface area (Å²) in [6, 6.07) is 6.19. The lowest BCUT2D eigenvalue weighted by Crippen LogP contribution is -2.01. The minimum absolute atomic E-state index is 0.0504. The molecule has 0 bridgehead atoms. The molecule has 0 aliphatic heterocycles. The van der Waals surface area contributed by atoms with Crippen molar-refractivity contribution in [2.45, 2.75) is 0 Å². The van der Waals surface area contributed by atoms with Gasteiger partial charge in [-0.15, -0.1) is 0 Å². The Morgan fingerprint density at radius 3 is 2.82 bits per heavy atom. The maximum absolute atomic E-state index is 10.6. The van der Waals surface area contributed by atoms with Gasteiger partial charge in [0.05, 0.1) is 11.1 Å². The van der Waals surface area contributed by atoms with Crippen molar-refractivity contribution >= 4 is 22.9 Å². The minimum Gasteiger partial charge on any atom is -0.455 e. The van der Waals surface area contributed by atoms with E-state index < -0.39 is 4.92 Å². The van der Waals surface area contributed by atoms with Gasteiger partial charge in [0.15, 0.2) is 0 Å². The number of non-ortho nitro benzene ring substituents is 1. The number of nitrogens with zero attached hydrogens (tertiary/aromatic N) is 3. The predicted molar refractivity (Wildman–Crippen MR) is 64.1 cm³/mol. The van der Waals surface area contributed by atoms with E-state index in [0.717, 1.165) is 0 Å². The maximum Gasteiger partial charge on any atom is 0.270 e. The Kier molecular flexibility index (Phi) is 2.78. The zero-order valence-electron chi connectivity index (χ0n) is 9.45. The van der Waals surface area contributed by atoms with Gasteiger partial charge in [-0.1, -0.05) is 0 Å². The standard InChI is InChI=1S/C11H11N3O3/c1-13(2)12-7-10-6-8-5-9(14(15)16)3-4-11(8)17-10/h3-7H,1-2H3/b12-7+. The summed E-state index contributed by atoms with van der Waals surface area (Å²) < 4.78 is 5.45. The first kappa shape index (κ1) is 11.1. The fourth-order valence-corrected chi connectivity index (χ4v) is 1.40. The monoisotopic (exact) mass is 233 g/mol. The lowest BCUT2D eigenvalue weighted by Gasteiger charge is -2.00. The molecule has 0 spiro atoms. The number of fused-ring (bicyclic) bond motifs is 1. The lowest BCUT2D eigenvalue weighted by molar-refractivity contribution is -0.384. The van der Waals surface area contributed by atoms with Crippen LogP contribution in [0.2, 0.25) is 0 Å². The van der Waals surface area contributed by atoms with E-state index in [-0.39, 0.29) is 5.69 Å². The molecule has 1 heterocycles. The Hall–Kier alpha value is -2.37. The summed E-state index contributed by atoms with van der Waals surface area (Å²) in [6.45, 7) is 0. The second kappa shape index (κ2) is 4.25. The van der Waals surface area contributed by atoms with Gasteiger partial charge < -0.3 is 9.43 Å². The first-order valence-electron chi connectivity index (χ1n) is 4.95. The molecule has 0 unspecified atom stereocenters. The quantitative estimate of drug-likeness (QED) is 0.463. The summed E-state index contributed by atoms with van der Waals surface area (Å²) in [5, 5.41) is 17.0. The summed E-state index contributed by atoms with van der Waals surface area (Å²) in [6.07, 6.45) is 1.56. The maximum atomic E-state index is 10.6. The zero-order valence-corrected chi connectivity index (χ0v) is 9.45. The molecule has 2 rings (SSSR count). The molecule has 0 radical (unpaired) electrons. The molecular formula is C11H11N3O3. The van der Waals surface area contributed by atoms with Crippen molar-refractivity contribution in [1.29, 1.82) is 0 Å². The number of nitro groups is 1. The number of benzene rings is 1. The molecule has 0 atom stereocenters. The third kappa shape index (κ3) is 2.41. The lowest BCUT2D eigenvalue weighted by atomic mass is 10.2. The van der Waals surface area contributed by atoms with Crippen LogP contribution in [0.3, 0.4) is 0 Å². The third-order valence-corrected chi connectivity index (χ3v) is 2.15. The molecule has 0 saturated heterocycles. The molecule has 1 aromatic heterocycles. The molecule has 0 saturated carbocycles. The van der Waals surface area contributed by atoms with E-state index in [1.165, 1.54) is 12.1 Å². The van der Waals surface area contributed by atoms with Crippen molar-refractivity contribution in [3.63, 3.8) is 0 Å². The fourth-order valence-electron chi connectivity index (χ4n) is 1.40. The van der Waals surface area contributed by atoms with E-state index in [2.05, 4.69) is 5.10 Å². The van der Waals surface area contributed by atoms with Gasteiger partial charge in [0.25, 0.3) is 5.69 Å². The van der Waals surface area contributed by atoms with Gasteiger partial charge in [0, 0.05) is 31.6 Å². The van der Waals surface area contributed by atoms with Crippen molar-refractivity contribution in [3.05, 3.63) is 40.1 Å². The van der Waals surface area contributed by atoms with Crippen LogP contribution in [0, 0.1) is 10.1 Å². The molecule has 0 aliphatic carbocycles. The molecule has 6 nitrogen and oxygen atoms in total. The van der Waals surface area contributed by atoms with E-state index in [1.54, 1.807) is 37.5 Å². The number of hydrogen-bond acceptors (Lipinski definition) is 5. The fraction of sp³-hybridized carbons (Fsp3) is 0.182. The third-order valence-electron chi connectivity index (χ3n) is 2.15. The van der Waals surface area contributed by atoms with Gasteiger partial charge in [-0.25, -0.2) is 0 Å². The number of hydrazone groups is 1. The van der Waals surface area contributed by atoms with Gasteiger partial charge in [0.1, 0.15) is 11.3 Å². The van der Waals surface area contributed by atoms with E-state index >= 15 is 0 Å². The highest BCUT2D eigenvalue weighted by atomic mass is 16.6. The average Bonchev–Trinajstić information content (AvgIpc) is 2.67. The zero-order chi connectivity index (χ0) is 12.4. The van der Waals surface area contributed by atoms with Crippen LogP contribution in [-0.4, -0.2) is 30.2 Å². The summed E-state index contributed by atoms with van der Waals surface area (Å²) in [5.41, 5.74) is 0.658. The molecule has 17 heavy (non-hydrogen) atoms. The second-order valence-corrected chi connectivity index (χ2v) is 3.72. The first-order valence-corrected chi connectivity index (χ1v) is 4.95. The van der Waals surface area contributed by atoms with Crippen LogP contribution in [-0.2, 0) is 0 Å². The number of furan rings is 1. The summed E-state index contributed by atoms with van der Waals surface area (Å²) in [5.74, 6) is 0.564. The van der Waals surface area contributed by atoms with E-state index in [0.29, 0.717) is 16.7 Å². The summed E-state index contributed by atoms with van der Waals surface area (Å²) >= 11 is 0. The highest BCUT2D eigenvalue weighted by Gasteiger charge is 2.09. The first-order chi connectivity index (χ1) is 8.06. The van der Waals surface area contributed by atoms with Gasteiger partial charge in [0.2, 0.25) is 0 Å². The highest BCUT2D eigenvalue weighted by Crippen LogP contribution is 2.23. The van der Waals surface area contributed by atoms with Crippen LogP contribution in [0.25, 0.3) is 11.0 Å².